The number of carbonyl (C=O) groups is 3. The summed E-state index contributed by atoms with van der Waals surface area (Å²) in [6.07, 6.45) is -4.86. The summed E-state index contributed by atoms with van der Waals surface area (Å²) in [4.78, 5) is 32.2. The molecule has 1 fully saturated rings. The van der Waals surface area contributed by atoms with Crippen molar-refractivity contribution in [3.8, 4) is 0 Å². The van der Waals surface area contributed by atoms with Gasteiger partial charge in [-0.2, -0.15) is 13.2 Å². The predicted octanol–water partition coefficient (Wildman–Crippen LogP) is -0.217. The number of carboxylic acids is 1. The number of primary amides is 1. The highest BCUT2D eigenvalue weighted by molar-refractivity contribution is 5.82. The van der Waals surface area contributed by atoms with E-state index < -0.39 is 30.3 Å². The maximum atomic E-state index is 12.5. The highest BCUT2D eigenvalue weighted by atomic mass is 19.4. The van der Waals surface area contributed by atoms with E-state index in [-0.39, 0.29) is 25.4 Å². The number of hydrogen-bond acceptors (Lipinski definition) is 4. The summed E-state index contributed by atoms with van der Waals surface area (Å²) in [5.74, 6) is -3.40. The Morgan fingerprint density at radius 1 is 1.27 bits per heavy atom. The van der Waals surface area contributed by atoms with Gasteiger partial charge in [0.05, 0.1) is 19.1 Å². The van der Waals surface area contributed by atoms with Crippen LogP contribution in [0.2, 0.25) is 0 Å². The monoisotopic (exact) mass is 331 g/mol. The number of carbonyl (C=O) groups excluding carboxylic acids is 2. The number of carboxylic acid groups (broad SMARTS) is 1. The molecule has 0 saturated carbocycles. The summed E-state index contributed by atoms with van der Waals surface area (Å²) in [7, 11) is 0. The zero-order valence-corrected chi connectivity index (χ0v) is 11.5. The van der Waals surface area contributed by atoms with Crippen LogP contribution in [0.25, 0.3) is 0 Å². The molecule has 22 heavy (non-hydrogen) atoms. The van der Waals surface area contributed by atoms with Crippen molar-refractivity contribution in [2.45, 2.75) is 37.7 Å². The molecule has 0 aliphatic carbocycles. The number of halogens is 4. The van der Waals surface area contributed by atoms with Gasteiger partial charge in [0.25, 0.3) is 0 Å². The van der Waals surface area contributed by atoms with E-state index in [1.54, 1.807) is 0 Å². The maximum absolute atomic E-state index is 12.5. The van der Waals surface area contributed by atoms with Gasteiger partial charge in [0, 0.05) is 6.42 Å². The van der Waals surface area contributed by atoms with Crippen molar-refractivity contribution >= 4 is 17.8 Å². The van der Waals surface area contributed by atoms with E-state index in [9.17, 15) is 27.2 Å². The number of hydrogen-bond donors (Lipinski definition) is 3. The Morgan fingerprint density at radius 2 is 1.73 bits per heavy atom. The first kappa shape index (κ1) is 20.1. The number of nitrogens with two attached hydrogens (primary N) is 2. The van der Waals surface area contributed by atoms with Gasteiger partial charge < -0.3 is 21.5 Å². The number of nitrogens with zero attached hydrogens (tertiary/aromatic N) is 1. The topological polar surface area (TPSA) is 127 Å². The van der Waals surface area contributed by atoms with Crippen molar-refractivity contribution in [1.29, 1.82) is 0 Å². The maximum Gasteiger partial charge on any atom is 0.490 e. The Morgan fingerprint density at radius 3 is 2.05 bits per heavy atom. The van der Waals surface area contributed by atoms with Crippen molar-refractivity contribution in [3.63, 3.8) is 0 Å². The molecule has 1 aliphatic heterocycles. The molecule has 1 aliphatic rings. The third-order valence-electron chi connectivity index (χ3n) is 2.65. The predicted molar refractivity (Wildman–Crippen MR) is 66.2 cm³/mol. The molecule has 2 amide bonds. The third kappa shape index (κ3) is 7.76. The zero-order valence-electron chi connectivity index (χ0n) is 11.5. The molecule has 11 heteroatoms. The smallest absolute Gasteiger partial charge is 0.475 e. The largest absolute Gasteiger partial charge is 0.490 e. The van der Waals surface area contributed by atoms with Crippen LogP contribution in [0.3, 0.4) is 0 Å². The van der Waals surface area contributed by atoms with E-state index >= 15 is 0 Å². The average Bonchev–Trinajstić information content (AvgIpc) is 2.33. The van der Waals surface area contributed by atoms with Crippen LogP contribution >= 0.6 is 0 Å². The van der Waals surface area contributed by atoms with Crippen LogP contribution in [0.5, 0.6) is 0 Å². The van der Waals surface area contributed by atoms with Gasteiger partial charge in [0.1, 0.15) is 6.17 Å². The van der Waals surface area contributed by atoms with Crippen LogP contribution in [0.15, 0.2) is 0 Å². The van der Waals surface area contributed by atoms with Crippen LogP contribution in [0, 0.1) is 0 Å². The summed E-state index contributed by atoms with van der Waals surface area (Å²) in [6.45, 7) is 0.282. The molecule has 128 valence electrons. The van der Waals surface area contributed by atoms with Gasteiger partial charge in [-0.05, 0) is 12.8 Å². The molecule has 0 aromatic carbocycles. The Bertz CT molecular complexity index is 411. The van der Waals surface area contributed by atoms with Crippen LogP contribution < -0.4 is 11.5 Å². The lowest BCUT2D eigenvalue weighted by Gasteiger charge is -2.36. The molecule has 1 rings (SSSR count). The second-order valence-corrected chi connectivity index (χ2v) is 4.61. The molecule has 1 atom stereocenters. The van der Waals surface area contributed by atoms with Crippen LogP contribution in [-0.2, 0) is 14.4 Å². The number of alkyl halides is 4. The molecular weight excluding hydrogens is 314 g/mol. The summed E-state index contributed by atoms with van der Waals surface area (Å²) in [6, 6.07) is -0.642. The van der Waals surface area contributed by atoms with Crippen LogP contribution in [0.4, 0.5) is 17.6 Å². The summed E-state index contributed by atoms with van der Waals surface area (Å²) in [5, 5.41) is 7.12. The van der Waals surface area contributed by atoms with Crippen molar-refractivity contribution in [3.05, 3.63) is 0 Å². The molecule has 0 aromatic heterocycles. The molecule has 1 unspecified atom stereocenters. The third-order valence-corrected chi connectivity index (χ3v) is 2.65. The summed E-state index contributed by atoms with van der Waals surface area (Å²) >= 11 is 0. The van der Waals surface area contributed by atoms with Gasteiger partial charge in [0.15, 0.2) is 0 Å². The van der Waals surface area contributed by atoms with Crippen molar-refractivity contribution in [2.75, 3.05) is 13.1 Å². The Balaban J connectivity index is 0.000000534. The number of likely N-dealkylation sites (tertiary alicyclic amines) is 1. The molecule has 0 radical (unpaired) electrons. The number of amides is 2. The van der Waals surface area contributed by atoms with Crippen LogP contribution in [-0.4, -0.2) is 59.3 Å². The highest BCUT2D eigenvalue weighted by Gasteiger charge is 2.38. The van der Waals surface area contributed by atoms with Gasteiger partial charge in [-0.3, -0.25) is 9.59 Å². The molecular formula is C11H17F4N3O4. The Kier molecular flexibility index (Phi) is 7.77. The van der Waals surface area contributed by atoms with Gasteiger partial charge in [-0.25, -0.2) is 9.18 Å². The minimum absolute atomic E-state index is 0.141. The normalized spacial score (nSPS) is 16.1. The van der Waals surface area contributed by atoms with E-state index in [1.807, 2.05) is 0 Å². The van der Waals surface area contributed by atoms with Gasteiger partial charge in [-0.1, -0.05) is 0 Å². The molecule has 0 spiro atoms. The average molecular weight is 331 g/mol. The Hall–Kier alpha value is -1.91. The van der Waals surface area contributed by atoms with Crippen molar-refractivity contribution in [2.24, 2.45) is 11.5 Å². The van der Waals surface area contributed by atoms with E-state index in [0.717, 1.165) is 0 Å². The minimum Gasteiger partial charge on any atom is -0.475 e. The SMILES string of the molecule is NC(=O)CCCC(N)C(=O)N1CC(F)C1.O=C(O)C(F)(F)F. The quantitative estimate of drug-likeness (QED) is 0.600. The number of rotatable bonds is 5. The molecule has 1 saturated heterocycles. The minimum atomic E-state index is -5.08. The van der Waals surface area contributed by atoms with Crippen molar-refractivity contribution < 1.29 is 37.1 Å². The van der Waals surface area contributed by atoms with Gasteiger partial charge >= 0.3 is 12.1 Å². The standard InChI is InChI=1S/C9H16FN3O2.C2HF3O2/c10-6-4-13(5-6)9(15)7(11)2-1-3-8(12)14;3-2(4,5)1(6)7/h6-7H,1-5,11H2,(H2,12,14);(H,6,7). The lowest BCUT2D eigenvalue weighted by Crippen LogP contribution is -2.56. The van der Waals surface area contributed by atoms with E-state index in [4.69, 9.17) is 21.4 Å². The first-order valence-electron chi connectivity index (χ1n) is 6.22. The molecule has 5 N–H and O–H groups in total. The lowest BCUT2D eigenvalue weighted by atomic mass is 10.1. The second kappa shape index (κ2) is 8.51. The highest BCUT2D eigenvalue weighted by Crippen LogP contribution is 2.14. The van der Waals surface area contributed by atoms with Crippen molar-refractivity contribution in [1.82, 2.24) is 4.90 Å². The number of aliphatic carboxylic acids is 1. The van der Waals surface area contributed by atoms with Gasteiger partial charge in [-0.15, -0.1) is 0 Å². The molecule has 1 heterocycles. The fourth-order valence-corrected chi connectivity index (χ4v) is 1.46. The molecule has 0 bridgehead atoms. The molecule has 7 nitrogen and oxygen atoms in total. The second-order valence-electron chi connectivity index (χ2n) is 4.61. The van der Waals surface area contributed by atoms with E-state index in [1.165, 1.54) is 4.90 Å². The summed E-state index contributed by atoms with van der Waals surface area (Å²) < 4.78 is 44.2. The zero-order chi connectivity index (χ0) is 17.5. The van der Waals surface area contributed by atoms with Crippen LogP contribution in [0.1, 0.15) is 19.3 Å². The van der Waals surface area contributed by atoms with E-state index in [0.29, 0.717) is 12.8 Å². The fraction of sp³-hybridized carbons (Fsp3) is 0.727. The molecule has 0 aromatic rings. The Labute approximate surface area is 123 Å². The van der Waals surface area contributed by atoms with E-state index in [2.05, 4.69) is 0 Å². The van der Waals surface area contributed by atoms with Gasteiger partial charge in [0.2, 0.25) is 11.8 Å². The first-order valence-corrected chi connectivity index (χ1v) is 6.22. The lowest BCUT2D eigenvalue weighted by molar-refractivity contribution is -0.192. The first-order chi connectivity index (χ1) is 9.95. The fourth-order valence-electron chi connectivity index (χ4n) is 1.46. The summed E-state index contributed by atoms with van der Waals surface area (Å²) in [5.41, 5.74) is 10.5.